The van der Waals surface area contributed by atoms with Crippen LogP contribution in [0.25, 0.3) is 0 Å². The first-order valence-electron chi connectivity index (χ1n) is 7.58. The van der Waals surface area contributed by atoms with Gasteiger partial charge in [0, 0.05) is 16.6 Å². The van der Waals surface area contributed by atoms with Crippen LogP contribution in [0.5, 0.6) is 0 Å². The summed E-state index contributed by atoms with van der Waals surface area (Å²) in [7, 11) is 0. The molecule has 0 aliphatic rings. The summed E-state index contributed by atoms with van der Waals surface area (Å²) >= 11 is 1.32. The average molecular weight is 348 g/mol. The van der Waals surface area contributed by atoms with Crippen molar-refractivity contribution >= 4 is 28.2 Å². The Morgan fingerprint density at radius 2 is 2.00 bits per heavy atom. The largest absolute Gasteiger partial charge is 0.462 e. The number of amides is 1. The Morgan fingerprint density at radius 3 is 2.67 bits per heavy atom. The number of anilines is 1. The molecule has 0 saturated carbocycles. The Labute approximate surface area is 144 Å². The summed E-state index contributed by atoms with van der Waals surface area (Å²) < 4.78 is 6.39. The zero-order chi connectivity index (χ0) is 17.9. The average Bonchev–Trinajstić information content (AvgIpc) is 2.78. The summed E-state index contributed by atoms with van der Waals surface area (Å²) in [6.45, 7) is 7.27. The highest BCUT2D eigenvalue weighted by atomic mass is 32.1. The number of rotatable bonds is 5. The Hall–Kier alpha value is -2.41. The van der Waals surface area contributed by atoms with Crippen molar-refractivity contribution in [1.82, 2.24) is 4.57 Å². The number of ether oxygens (including phenoxy) is 1. The summed E-state index contributed by atoms with van der Waals surface area (Å²) in [4.78, 5) is 37.3. The molecule has 0 radical (unpaired) electrons. The van der Waals surface area contributed by atoms with Crippen molar-refractivity contribution in [3.63, 3.8) is 0 Å². The highest BCUT2D eigenvalue weighted by Gasteiger charge is 2.22. The standard InChI is InChI=1S/C17H20N2O4S/c1-5-23-17(22)14-11(3)12(4)24-15(14)18-13(20)9-19-8-6-7-10(2)16(19)21/h6-8H,5,9H2,1-4H3,(H,18,20). The van der Waals surface area contributed by atoms with Crippen molar-refractivity contribution in [1.29, 1.82) is 0 Å². The van der Waals surface area contributed by atoms with E-state index in [0.717, 1.165) is 10.4 Å². The number of nitrogens with zero attached hydrogens (tertiary/aromatic N) is 1. The molecular weight excluding hydrogens is 328 g/mol. The van der Waals surface area contributed by atoms with Crippen molar-refractivity contribution in [2.45, 2.75) is 34.2 Å². The first-order valence-corrected chi connectivity index (χ1v) is 8.39. The predicted octanol–water partition coefficient (Wildman–Crippen LogP) is 2.65. The molecule has 7 heteroatoms. The molecule has 0 aliphatic carbocycles. The Kier molecular flexibility index (Phi) is 5.56. The van der Waals surface area contributed by atoms with E-state index in [1.807, 2.05) is 13.8 Å². The number of thiophene rings is 1. The van der Waals surface area contributed by atoms with E-state index in [1.165, 1.54) is 15.9 Å². The molecule has 2 rings (SSSR count). The molecular formula is C17H20N2O4S. The third-order valence-electron chi connectivity index (χ3n) is 3.64. The summed E-state index contributed by atoms with van der Waals surface area (Å²) in [5, 5.41) is 3.18. The molecule has 0 fully saturated rings. The minimum atomic E-state index is -0.456. The summed E-state index contributed by atoms with van der Waals surface area (Å²) in [6.07, 6.45) is 1.56. The van der Waals surface area contributed by atoms with Crippen LogP contribution in [-0.4, -0.2) is 23.1 Å². The summed E-state index contributed by atoms with van der Waals surface area (Å²) in [5.41, 5.74) is 1.53. The normalized spacial score (nSPS) is 10.5. The van der Waals surface area contributed by atoms with E-state index in [-0.39, 0.29) is 24.6 Å². The van der Waals surface area contributed by atoms with Gasteiger partial charge in [-0.05, 0) is 39.3 Å². The molecule has 0 aromatic carbocycles. The van der Waals surface area contributed by atoms with Gasteiger partial charge in [-0.3, -0.25) is 9.59 Å². The van der Waals surface area contributed by atoms with Gasteiger partial charge in [0.1, 0.15) is 11.5 Å². The third-order valence-corrected chi connectivity index (χ3v) is 4.76. The lowest BCUT2D eigenvalue weighted by atomic mass is 10.1. The summed E-state index contributed by atoms with van der Waals surface area (Å²) in [6, 6.07) is 3.41. The van der Waals surface area contributed by atoms with Crippen LogP contribution in [0, 0.1) is 20.8 Å². The fourth-order valence-corrected chi connectivity index (χ4v) is 3.33. The predicted molar refractivity (Wildman–Crippen MR) is 93.8 cm³/mol. The van der Waals surface area contributed by atoms with Gasteiger partial charge in [-0.25, -0.2) is 4.79 Å². The van der Waals surface area contributed by atoms with E-state index in [9.17, 15) is 14.4 Å². The molecule has 2 aromatic heterocycles. The highest BCUT2D eigenvalue weighted by molar-refractivity contribution is 7.16. The van der Waals surface area contributed by atoms with Gasteiger partial charge in [0.15, 0.2) is 0 Å². The lowest BCUT2D eigenvalue weighted by Gasteiger charge is -2.09. The molecule has 0 saturated heterocycles. The maximum absolute atomic E-state index is 12.3. The van der Waals surface area contributed by atoms with E-state index in [4.69, 9.17) is 4.74 Å². The number of nitrogens with one attached hydrogen (secondary N) is 1. The molecule has 2 aromatic rings. The number of hydrogen-bond acceptors (Lipinski definition) is 5. The molecule has 1 N–H and O–H groups in total. The van der Waals surface area contributed by atoms with E-state index in [1.54, 1.807) is 32.2 Å². The van der Waals surface area contributed by atoms with Crippen LogP contribution in [0.1, 0.15) is 33.3 Å². The quantitative estimate of drug-likeness (QED) is 0.843. The fraction of sp³-hybridized carbons (Fsp3) is 0.353. The van der Waals surface area contributed by atoms with Gasteiger partial charge in [-0.1, -0.05) is 6.07 Å². The number of pyridine rings is 1. The minimum absolute atomic E-state index is 0.112. The molecule has 0 atom stereocenters. The number of hydrogen-bond donors (Lipinski definition) is 1. The maximum Gasteiger partial charge on any atom is 0.341 e. The topological polar surface area (TPSA) is 77.4 Å². The lowest BCUT2D eigenvalue weighted by molar-refractivity contribution is -0.116. The van der Waals surface area contributed by atoms with Gasteiger partial charge >= 0.3 is 5.97 Å². The van der Waals surface area contributed by atoms with Gasteiger partial charge < -0.3 is 14.6 Å². The molecule has 0 bridgehead atoms. The molecule has 0 unspecified atom stereocenters. The number of carbonyl (C=O) groups is 2. The number of carbonyl (C=O) groups excluding carboxylic acids is 2. The van der Waals surface area contributed by atoms with Crippen LogP contribution in [0.4, 0.5) is 5.00 Å². The first kappa shape index (κ1) is 17.9. The number of esters is 1. The molecule has 128 valence electrons. The minimum Gasteiger partial charge on any atom is -0.462 e. The third kappa shape index (κ3) is 3.73. The highest BCUT2D eigenvalue weighted by Crippen LogP contribution is 2.33. The zero-order valence-corrected chi connectivity index (χ0v) is 15.0. The molecule has 6 nitrogen and oxygen atoms in total. The monoisotopic (exact) mass is 348 g/mol. The van der Waals surface area contributed by atoms with Gasteiger partial charge in [0.05, 0.1) is 12.2 Å². The lowest BCUT2D eigenvalue weighted by Crippen LogP contribution is -2.28. The van der Waals surface area contributed by atoms with Crippen molar-refractivity contribution in [3.05, 3.63) is 50.3 Å². The van der Waals surface area contributed by atoms with Crippen LogP contribution in [-0.2, 0) is 16.1 Å². The van der Waals surface area contributed by atoms with E-state index < -0.39 is 5.97 Å². The maximum atomic E-state index is 12.3. The van der Waals surface area contributed by atoms with Crippen molar-refractivity contribution in [2.75, 3.05) is 11.9 Å². The SMILES string of the molecule is CCOC(=O)c1c(NC(=O)Cn2cccc(C)c2=O)sc(C)c1C. The van der Waals surface area contributed by atoms with Gasteiger partial charge in [-0.2, -0.15) is 0 Å². The second kappa shape index (κ2) is 7.44. The van der Waals surface area contributed by atoms with Crippen LogP contribution < -0.4 is 10.9 Å². The zero-order valence-electron chi connectivity index (χ0n) is 14.1. The molecule has 0 spiro atoms. The fourth-order valence-electron chi connectivity index (χ4n) is 2.27. The van der Waals surface area contributed by atoms with Crippen LogP contribution in [0.2, 0.25) is 0 Å². The smallest absolute Gasteiger partial charge is 0.341 e. The van der Waals surface area contributed by atoms with Crippen LogP contribution >= 0.6 is 11.3 Å². The number of aromatic nitrogens is 1. The van der Waals surface area contributed by atoms with Crippen molar-refractivity contribution in [3.8, 4) is 0 Å². The first-order chi connectivity index (χ1) is 11.3. The number of aryl methyl sites for hydroxylation is 2. The van der Waals surface area contributed by atoms with Gasteiger partial charge in [0.2, 0.25) is 5.91 Å². The molecule has 24 heavy (non-hydrogen) atoms. The van der Waals surface area contributed by atoms with Gasteiger partial charge in [-0.15, -0.1) is 11.3 Å². The van der Waals surface area contributed by atoms with E-state index in [0.29, 0.717) is 16.1 Å². The Bertz CT molecular complexity index is 836. The Morgan fingerprint density at radius 1 is 1.29 bits per heavy atom. The second-order valence-corrected chi connectivity index (χ2v) is 6.61. The van der Waals surface area contributed by atoms with E-state index >= 15 is 0 Å². The van der Waals surface area contributed by atoms with E-state index in [2.05, 4.69) is 5.32 Å². The second-order valence-electron chi connectivity index (χ2n) is 5.38. The molecule has 1 amide bonds. The van der Waals surface area contributed by atoms with Gasteiger partial charge in [0.25, 0.3) is 5.56 Å². The Balaban J connectivity index is 2.23. The van der Waals surface area contributed by atoms with Crippen LogP contribution in [0.3, 0.4) is 0 Å². The van der Waals surface area contributed by atoms with Crippen molar-refractivity contribution < 1.29 is 14.3 Å². The van der Waals surface area contributed by atoms with Crippen molar-refractivity contribution in [2.24, 2.45) is 0 Å². The summed E-state index contributed by atoms with van der Waals surface area (Å²) in [5.74, 6) is -0.822. The molecule has 2 heterocycles. The molecule has 0 aliphatic heterocycles. The van der Waals surface area contributed by atoms with Crippen LogP contribution in [0.15, 0.2) is 23.1 Å².